The highest BCUT2D eigenvalue weighted by atomic mass is 19.1. The number of unbranched alkanes of at least 4 members (excludes halogenated alkanes) is 1. The number of nitrogens with one attached hydrogen (secondary N) is 1. The summed E-state index contributed by atoms with van der Waals surface area (Å²) in [5.74, 6) is 0.510. The van der Waals surface area contributed by atoms with Crippen molar-refractivity contribution in [2.45, 2.75) is 52.5 Å². The number of aromatic nitrogens is 1. The Morgan fingerprint density at radius 3 is 2.61 bits per heavy atom. The Labute approximate surface area is 110 Å². The topological polar surface area (TPSA) is 24.9 Å². The molecule has 0 saturated heterocycles. The van der Waals surface area contributed by atoms with Crippen molar-refractivity contribution in [2.24, 2.45) is 5.92 Å². The van der Waals surface area contributed by atoms with Crippen LogP contribution in [0.5, 0.6) is 0 Å². The predicted octanol–water partition coefficient (Wildman–Crippen LogP) is 4.09. The Morgan fingerprint density at radius 1 is 1.28 bits per heavy atom. The molecule has 18 heavy (non-hydrogen) atoms. The molecular formula is C15H25FN2. The molecule has 1 rings (SSSR count). The van der Waals surface area contributed by atoms with Crippen LogP contribution in [0.3, 0.4) is 0 Å². The van der Waals surface area contributed by atoms with E-state index in [1.807, 2.05) is 0 Å². The van der Waals surface area contributed by atoms with E-state index in [0.29, 0.717) is 0 Å². The van der Waals surface area contributed by atoms with Crippen LogP contribution in [0.25, 0.3) is 0 Å². The molecule has 1 atom stereocenters. The molecule has 102 valence electrons. The van der Waals surface area contributed by atoms with Crippen LogP contribution in [-0.4, -0.2) is 11.5 Å². The Morgan fingerprint density at radius 2 is 2.06 bits per heavy atom. The van der Waals surface area contributed by atoms with E-state index in [2.05, 4.69) is 31.1 Å². The van der Waals surface area contributed by atoms with Crippen molar-refractivity contribution in [3.8, 4) is 0 Å². The fourth-order valence-corrected chi connectivity index (χ4v) is 2.01. The summed E-state index contributed by atoms with van der Waals surface area (Å²) in [5.41, 5.74) is 0.933. The molecule has 1 unspecified atom stereocenters. The molecule has 0 amide bonds. The summed E-state index contributed by atoms with van der Waals surface area (Å²) >= 11 is 0. The largest absolute Gasteiger partial charge is 0.309 e. The Balaban J connectivity index is 2.31. The zero-order chi connectivity index (χ0) is 13.4. The van der Waals surface area contributed by atoms with Crippen LogP contribution >= 0.6 is 0 Å². The maximum Gasteiger partial charge on any atom is 0.141 e. The molecule has 0 fully saturated rings. The summed E-state index contributed by atoms with van der Waals surface area (Å²) in [6, 6.07) is 3.49. The van der Waals surface area contributed by atoms with Crippen LogP contribution in [0.4, 0.5) is 4.39 Å². The second kappa shape index (κ2) is 8.20. The molecule has 0 saturated carbocycles. The quantitative estimate of drug-likeness (QED) is 0.705. The maximum absolute atomic E-state index is 12.8. The molecule has 2 nitrogen and oxygen atoms in total. The van der Waals surface area contributed by atoms with Crippen LogP contribution in [-0.2, 0) is 0 Å². The summed E-state index contributed by atoms with van der Waals surface area (Å²) in [4.78, 5) is 4.14. The summed E-state index contributed by atoms with van der Waals surface area (Å²) in [6.45, 7) is 7.64. The lowest BCUT2D eigenvalue weighted by molar-refractivity contribution is 0.469. The van der Waals surface area contributed by atoms with Crippen LogP contribution in [0.15, 0.2) is 18.3 Å². The van der Waals surface area contributed by atoms with Gasteiger partial charge in [0.1, 0.15) is 5.82 Å². The zero-order valence-electron chi connectivity index (χ0n) is 11.7. The number of rotatable bonds is 8. The van der Waals surface area contributed by atoms with E-state index in [-0.39, 0.29) is 11.9 Å². The van der Waals surface area contributed by atoms with Gasteiger partial charge >= 0.3 is 0 Å². The molecule has 0 radical (unpaired) electrons. The Kier molecular flexibility index (Phi) is 6.88. The van der Waals surface area contributed by atoms with Gasteiger partial charge in [-0.25, -0.2) is 4.39 Å². The van der Waals surface area contributed by atoms with E-state index in [4.69, 9.17) is 0 Å². The summed E-state index contributed by atoms with van der Waals surface area (Å²) in [6.07, 6.45) is 6.00. The van der Waals surface area contributed by atoms with Crippen molar-refractivity contribution in [1.82, 2.24) is 10.3 Å². The van der Waals surface area contributed by atoms with E-state index < -0.39 is 0 Å². The number of nitrogens with zero attached hydrogens (tertiary/aromatic N) is 1. The van der Waals surface area contributed by atoms with Crippen molar-refractivity contribution in [2.75, 3.05) is 6.54 Å². The van der Waals surface area contributed by atoms with Gasteiger partial charge in [0.2, 0.25) is 0 Å². The van der Waals surface area contributed by atoms with E-state index in [9.17, 15) is 4.39 Å². The van der Waals surface area contributed by atoms with E-state index in [0.717, 1.165) is 24.6 Å². The van der Waals surface area contributed by atoms with Gasteiger partial charge in [0.15, 0.2) is 0 Å². The normalized spacial score (nSPS) is 12.9. The van der Waals surface area contributed by atoms with Gasteiger partial charge in [0.05, 0.1) is 11.9 Å². The minimum absolute atomic E-state index is 0.240. The van der Waals surface area contributed by atoms with Gasteiger partial charge in [0.25, 0.3) is 0 Å². The highest BCUT2D eigenvalue weighted by Crippen LogP contribution is 2.14. The van der Waals surface area contributed by atoms with Crippen LogP contribution in [0.2, 0.25) is 0 Å². The molecule has 1 aromatic heterocycles. The third-order valence-electron chi connectivity index (χ3n) is 3.11. The first-order valence-electron chi connectivity index (χ1n) is 6.98. The number of hydrogen-bond donors (Lipinski definition) is 1. The number of halogens is 1. The van der Waals surface area contributed by atoms with Crippen molar-refractivity contribution in [3.63, 3.8) is 0 Å². The molecule has 0 aliphatic rings. The average molecular weight is 252 g/mol. The predicted molar refractivity (Wildman–Crippen MR) is 73.9 cm³/mol. The molecule has 1 aromatic rings. The minimum atomic E-state index is -0.273. The summed E-state index contributed by atoms with van der Waals surface area (Å²) in [7, 11) is 0. The van der Waals surface area contributed by atoms with Gasteiger partial charge in [-0.15, -0.1) is 0 Å². The standard InChI is InChI=1S/C15H25FN2/c1-4-14(15-9-8-13(16)11-18-15)17-10-6-5-7-12(2)3/h8-9,11-12,14,17H,4-7,10H2,1-3H3. The number of hydrogen-bond acceptors (Lipinski definition) is 2. The van der Waals surface area contributed by atoms with Gasteiger partial charge in [-0.3, -0.25) is 4.98 Å². The number of pyridine rings is 1. The maximum atomic E-state index is 12.8. The van der Waals surface area contributed by atoms with Gasteiger partial charge in [-0.05, 0) is 37.4 Å². The van der Waals surface area contributed by atoms with Gasteiger partial charge in [-0.2, -0.15) is 0 Å². The van der Waals surface area contributed by atoms with Crippen molar-refractivity contribution in [3.05, 3.63) is 29.8 Å². The van der Waals surface area contributed by atoms with Gasteiger partial charge in [-0.1, -0.05) is 33.6 Å². The SMILES string of the molecule is CCC(NCCCCC(C)C)c1ccc(F)cn1. The molecule has 0 aromatic carbocycles. The van der Waals surface area contributed by atoms with Gasteiger partial charge < -0.3 is 5.32 Å². The van der Waals surface area contributed by atoms with E-state index in [1.165, 1.54) is 31.5 Å². The molecule has 0 spiro atoms. The second-order valence-corrected chi connectivity index (χ2v) is 5.21. The van der Waals surface area contributed by atoms with E-state index in [1.54, 1.807) is 6.07 Å². The lowest BCUT2D eigenvalue weighted by atomic mass is 10.1. The van der Waals surface area contributed by atoms with Crippen molar-refractivity contribution >= 4 is 0 Å². The molecule has 0 aliphatic carbocycles. The zero-order valence-corrected chi connectivity index (χ0v) is 11.7. The monoisotopic (exact) mass is 252 g/mol. The first-order chi connectivity index (χ1) is 8.63. The third-order valence-corrected chi connectivity index (χ3v) is 3.11. The molecule has 0 aliphatic heterocycles. The Hall–Kier alpha value is -0.960. The first kappa shape index (κ1) is 15.1. The molecule has 3 heteroatoms. The molecule has 1 heterocycles. The first-order valence-corrected chi connectivity index (χ1v) is 6.98. The fourth-order valence-electron chi connectivity index (χ4n) is 2.01. The van der Waals surface area contributed by atoms with Crippen molar-refractivity contribution < 1.29 is 4.39 Å². The summed E-state index contributed by atoms with van der Waals surface area (Å²) < 4.78 is 12.8. The van der Waals surface area contributed by atoms with Crippen LogP contribution in [0, 0.1) is 11.7 Å². The van der Waals surface area contributed by atoms with Crippen molar-refractivity contribution in [1.29, 1.82) is 0 Å². The lowest BCUT2D eigenvalue weighted by Crippen LogP contribution is -2.22. The smallest absolute Gasteiger partial charge is 0.141 e. The highest BCUT2D eigenvalue weighted by molar-refractivity contribution is 5.09. The van der Waals surface area contributed by atoms with Crippen LogP contribution < -0.4 is 5.32 Å². The average Bonchev–Trinajstić information content (AvgIpc) is 2.35. The summed E-state index contributed by atoms with van der Waals surface area (Å²) in [5, 5.41) is 3.49. The molecular weight excluding hydrogens is 227 g/mol. The highest BCUT2D eigenvalue weighted by Gasteiger charge is 2.09. The third kappa shape index (κ3) is 5.58. The Bertz CT molecular complexity index is 322. The second-order valence-electron chi connectivity index (χ2n) is 5.21. The van der Waals surface area contributed by atoms with Gasteiger partial charge in [0, 0.05) is 6.04 Å². The lowest BCUT2D eigenvalue weighted by Gasteiger charge is -2.16. The van der Waals surface area contributed by atoms with Crippen LogP contribution in [0.1, 0.15) is 58.2 Å². The van der Waals surface area contributed by atoms with E-state index >= 15 is 0 Å². The molecule has 0 bridgehead atoms. The molecule has 1 N–H and O–H groups in total. The minimum Gasteiger partial charge on any atom is -0.309 e. The fraction of sp³-hybridized carbons (Fsp3) is 0.667.